The van der Waals surface area contributed by atoms with Crippen LogP contribution in [0.25, 0.3) is 0 Å². The maximum Gasteiger partial charge on any atom is 0.316 e. The summed E-state index contributed by atoms with van der Waals surface area (Å²) in [5.41, 5.74) is 8.26. The Bertz CT molecular complexity index is 958. The number of nitrogens with two attached hydrogens (primary N) is 2. The topological polar surface area (TPSA) is 144 Å². The predicted molar refractivity (Wildman–Crippen MR) is 110 cm³/mol. The second-order valence-electron chi connectivity index (χ2n) is 7.47. The molecule has 0 bridgehead atoms. The first-order valence-corrected chi connectivity index (χ1v) is 11.2. The minimum Gasteiger partial charge on any atom is -0.383 e. The van der Waals surface area contributed by atoms with Gasteiger partial charge in [0.15, 0.2) is 0 Å². The number of thiazole rings is 1. The lowest BCUT2D eigenvalue weighted by molar-refractivity contribution is 0.0783. The van der Waals surface area contributed by atoms with Crippen LogP contribution in [0.15, 0.2) is 10.4 Å². The number of aromatic nitrogens is 2. The van der Waals surface area contributed by atoms with Gasteiger partial charge in [0, 0.05) is 11.3 Å². The van der Waals surface area contributed by atoms with Crippen LogP contribution in [-0.4, -0.2) is 25.3 Å². The number of nitrogens with zero attached hydrogens (tertiary/aromatic N) is 2. The van der Waals surface area contributed by atoms with Crippen molar-refractivity contribution in [3.05, 3.63) is 33.7 Å². The average molecular weight is 442 g/mol. The van der Waals surface area contributed by atoms with Crippen LogP contribution in [-0.2, 0) is 35.8 Å². The summed E-state index contributed by atoms with van der Waals surface area (Å²) in [5.74, 6) is 0. The van der Waals surface area contributed by atoms with Gasteiger partial charge in [-0.25, -0.2) is 23.5 Å². The third kappa shape index (κ3) is 4.80. The van der Waals surface area contributed by atoms with Gasteiger partial charge in [-0.1, -0.05) is 0 Å². The Morgan fingerprint density at radius 3 is 2.66 bits per heavy atom. The number of hydrogen-bond acceptors (Lipinski definition) is 6. The van der Waals surface area contributed by atoms with E-state index in [0.29, 0.717) is 27.8 Å². The normalized spacial score (nSPS) is 18.4. The van der Waals surface area contributed by atoms with Gasteiger partial charge < -0.3 is 16.2 Å². The van der Waals surface area contributed by atoms with Crippen molar-refractivity contribution in [2.45, 2.75) is 61.9 Å². The number of anilines is 1. The summed E-state index contributed by atoms with van der Waals surface area (Å²) in [6.45, 7) is 3.24. The number of hydrogen-bond donors (Lipinski definition) is 4. The minimum absolute atomic E-state index is 0.457. The molecule has 0 fully saturated rings. The molecule has 2 amide bonds. The lowest BCUT2D eigenvalue weighted by atomic mass is 10.1. The lowest BCUT2D eigenvalue weighted by Crippen LogP contribution is -2.21. The summed E-state index contributed by atoms with van der Waals surface area (Å²) in [5, 5.41) is 17.8. The molecule has 0 radical (unpaired) electrons. The van der Waals surface area contributed by atoms with E-state index in [1.807, 2.05) is 0 Å². The second-order valence-corrected chi connectivity index (χ2v) is 9.79. The highest BCUT2D eigenvalue weighted by Gasteiger charge is 2.31. The standard InChI is InChI=1S/C12H14FN3O.C6H10N2O2S2/c13-8-5-4-7-10(16-12(14)17)6-2-1-3-9(6)15-11(7)8;1-6(2,9)5-8-3-4(11-5)12(7)10/h8H,1-5H2,(H3,14,15,16,17);3,9H,7H2,1-2H3. The van der Waals surface area contributed by atoms with E-state index >= 15 is 0 Å². The van der Waals surface area contributed by atoms with Crippen molar-refractivity contribution in [2.75, 3.05) is 5.32 Å². The van der Waals surface area contributed by atoms with Crippen LogP contribution in [0.3, 0.4) is 0 Å². The first kappa shape index (κ1) is 21.8. The number of nitrogens with one attached hydrogen (secondary N) is 1. The van der Waals surface area contributed by atoms with Crippen molar-refractivity contribution in [3.63, 3.8) is 0 Å². The number of carbonyl (C=O) groups is 1. The van der Waals surface area contributed by atoms with Gasteiger partial charge in [0.2, 0.25) is 0 Å². The Kier molecular flexibility index (Phi) is 6.32. The average Bonchev–Trinajstić information content (AvgIpc) is 3.34. The van der Waals surface area contributed by atoms with Gasteiger partial charge >= 0.3 is 6.03 Å². The van der Waals surface area contributed by atoms with E-state index in [-0.39, 0.29) is 0 Å². The molecule has 2 unspecified atom stereocenters. The van der Waals surface area contributed by atoms with E-state index < -0.39 is 28.8 Å². The SMILES string of the molecule is CC(C)(O)c1ncc(S(N)=O)s1.NC(=O)Nc1c2c(nc3c1CCC3F)CCC2. The molecule has 29 heavy (non-hydrogen) atoms. The van der Waals surface area contributed by atoms with E-state index in [0.717, 1.165) is 53.1 Å². The molecule has 0 aromatic carbocycles. The van der Waals surface area contributed by atoms with Gasteiger partial charge in [-0.3, -0.25) is 4.98 Å². The highest BCUT2D eigenvalue weighted by Crippen LogP contribution is 2.41. The number of amides is 2. The minimum atomic E-state index is -1.50. The van der Waals surface area contributed by atoms with Gasteiger partial charge in [0.25, 0.3) is 0 Å². The van der Waals surface area contributed by atoms with E-state index in [1.165, 1.54) is 6.20 Å². The second kappa shape index (κ2) is 8.42. The molecule has 0 spiro atoms. The van der Waals surface area contributed by atoms with Crippen molar-refractivity contribution in [3.8, 4) is 0 Å². The molecule has 0 saturated carbocycles. The van der Waals surface area contributed by atoms with Gasteiger partial charge in [0.05, 0.1) is 17.6 Å². The van der Waals surface area contributed by atoms with E-state index in [4.69, 9.17) is 10.9 Å². The van der Waals surface area contributed by atoms with E-state index in [1.54, 1.807) is 13.8 Å². The fourth-order valence-electron chi connectivity index (χ4n) is 3.47. The summed E-state index contributed by atoms with van der Waals surface area (Å²) in [6, 6.07) is -0.588. The van der Waals surface area contributed by atoms with Crippen LogP contribution >= 0.6 is 11.3 Å². The van der Waals surface area contributed by atoms with Crippen LogP contribution in [0, 0.1) is 0 Å². The predicted octanol–water partition coefficient (Wildman–Crippen LogP) is 2.37. The third-order valence-electron chi connectivity index (χ3n) is 4.76. The monoisotopic (exact) mass is 441 g/mol. The highest BCUT2D eigenvalue weighted by atomic mass is 32.2. The maximum atomic E-state index is 13.7. The lowest BCUT2D eigenvalue weighted by Gasteiger charge is -2.14. The van der Waals surface area contributed by atoms with Crippen molar-refractivity contribution < 1.29 is 18.5 Å². The van der Waals surface area contributed by atoms with Crippen molar-refractivity contribution in [2.24, 2.45) is 10.9 Å². The molecule has 2 aliphatic carbocycles. The van der Waals surface area contributed by atoms with Crippen LogP contribution in [0.4, 0.5) is 14.9 Å². The number of fused-ring (bicyclic) bond motifs is 2. The van der Waals surface area contributed by atoms with Gasteiger partial charge in [-0.05, 0) is 51.5 Å². The molecule has 158 valence electrons. The summed E-state index contributed by atoms with van der Waals surface area (Å²) in [7, 11) is -1.50. The number of rotatable bonds is 3. The highest BCUT2D eigenvalue weighted by molar-refractivity contribution is 7.85. The quantitative estimate of drug-likeness (QED) is 0.578. The molecule has 11 heteroatoms. The smallest absolute Gasteiger partial charge is 0.316 e. The molecule has 0 aliphatic heterocycles. The number of primary amides is 1. The van der Waals surface area contributed by atoms with Crippen molar-refractivity contribution in [1.82, 2.24) is 9.97 Å². The number of pyridine rings is 1. The largest absolute Gasteiger partial charge is 0.383 e. The van der Waals surface area contributed by atoms with Gasteiger partial charge in [0.1, 0.15) is 32.0 Å². The van der Waals surface area contributed by atoms with Crippen LogP contribution in [0.2, 0.25) is 0 Å². The van der Waals surface area contributed by atoms with Gasteiger partial charge in [-0.15, -0.1) is 11.3 Å². The zero-order valence-electron chi connectivity index (χ0n) is 16.2. The fourth-order valence-corrected chi connectivity index (χ4v) is 4.85. The number of carbonyl (C=O) groups excluding carboxylic acids is 1. The molecule has 2 heterocycles. The molecule has 2 atom stereocenters. The first-order valence-electron chi connectivity index (χ1n) is 9.17. The number of aryl methyl sites for hydroxylation is 1. The number of aliphatic hydroxyl groups is 1. The number of alkyl halides is 1. The summed E-state index contributed by atoms with van der Waals surface area (Å²) in [6.07, 6.45) is 4.28. The summed E-state index contributed by atoms with van der Waals surface area (Å²) in [4.78, 5) is 19.4. The Labute approximate surface area is 174 Å². The Morgan fingerprint density at radius 2 is 2.10 bits per heavy atom. The summed E-state index contributed by atoms with van der Waals surface area (Å²) < 4.78 is 24.9. The number of urea groups is 1. The zero-order chi connectivity index (χ0) is 21.3. The molecular formula is C18H24FN5O3S2. The van der Waals surface area contributed by atoms with Crippen LogP contribution < -0.4 is 16.2 Å². The Morgan fingerprint density at radius 1 is 1.38 bits per heavy atom. The fraction of sp³-hybridized carbons (Fsp3) is 0.500. The van der Waals surface area contributed by atoms with Crippen molar-refractivity contribution >= 4 is 34.0 Å². The Hall–Kier alpha value is -1.95. The number of halogens is 1. The van der Waals surface area contributed by atoms with Crippen LogP contribution in [0.1, 0.15) is 60.4 Å². The van der Waals surface area contributed by atoms with Gasteiger partial charge in [-0.2, -0.15) is 0 Å². The molecule has 4 rings (SSSR count). The molecule has 2 aliphatic rings. The molecular weight excluding hydrogens is 417 g/mol. The van der Waals surface area contributed by atoms with E-state index in [2.05, 4.69) is 15.3 Å². The molecule has 2 aromatic rings. The van der Waals surface area contributed by atoms with Crippen molar-refractivity contribution in [1.29, 1.82) is 0 Å². The molecule has 6 N–H and O–H groups in total. The molecule has 8 nitrogen and oxygen atoms in total. The Balaban J connectivity index is 0.000000177. The van der Waals surface area contributed by atoms with Crippen LogP contribution in [0.5, 0.6) is 0 Å². The summed E-state index contributed by atoms with van der Waals surface area (Å²) >= 11 is 1.16. The zero-order valence-corrected chi connectivity index (χ0v) is 17.8. The van der Waals surface area contributed by atoms with E-state index in [9.17, 15) is 18.5 Å². The third-order valence-corrected chi connectivity index (χ3v) is 7.11. The molecule has 0 saturated heterocycles. The first-order chi connectivity index (χ1) is 13.6. The maximum absolute atomic E-state index is 13.7. The molecule has 2 aromatic heterocycles.